The Hall–Kier alpha value is -0.610. The Morgan fingerprint density at radius 2 is 2.50 bits per heavy atom. The van der Waals surface area contributed by atoms with Crippen LogP contribution < -0.4 is 11.3 Å². The average molecular weight is 116 g/mol. The van der Waals surface area contributed by atoms with Crippen molar-refractivity contribution in [2.45, 2.75) is 12.5 Å². The van der Waals surface area contributed by atoms with E-state index >= 15 is 0 Å². The first-order valence-electron chi connectivity index (χ1n) is 2.44. The monoisotopic (exact) mass is 116 g/mol. The first-order valence-corrected chi connectivity index (χ1v) is 2.44. The standard InChI is InChI=1S/C4H8N2O2/c5-6-3-1-2(3)4(7)8/h2-3,6H,1,5H2,(H,7,8). The van der Waals surface area contributed by atoms with Crippen LogP contribution in [-0.2, 0) is 4.79 Å². The zero-order chi connectivity index (χ0) is 6.15. The predicted molar refractivity (Wildman–Crippen MR) is 26.9 cm³/mol. The van der Waals surface area contributed by atoms with Gasteiger partial charge in [0.25, 0.3) is 0 Å². The number of nitrogens with one attached hydrogen (secondary N) is 1. The van der Waals surface area contributed by atoms with E-state index in [1.54, 1.807) is 0 Å². The fourth-order valence-electron chi connectivity index (χ4n) is 0.652. The van der Waals surface area contributed by atoms with Gasteiger partial charge < -0.3 is 5.11 Å². The minimum Gasteiger partial charge on any atom is -0.481 e. The van der Waals surface area contributed by atoms with Crippen molar-refractivity contribution < 1.29 is 9.90 Å². The fraction of sp³-hybridized carbons (Fsp3) is 0.750. The normalized spacial score (nSPS) is 34.6. The summed E-state index contributed by atoms with van der Waals surface area (Å²) in [5.74, 6) is 3.96. The minimum atomic E-state index is -0.757. The van der Waals surface area contributed by atoms with Crippen LogP contribution in [0.3, 0.4) is 0 Å². The summed E-state index contributed by atoms with van der Waals surface area (Å²) in [4.78, 5) is 10.0. The van der Waals surface area contributed by atoms with Crippen molar-refractivity contribution in [3.05, 3.63) is 0 Å². The van der Waals surface area contributed by atoms with E-state index in [4.69, 9.17) is 10.9 Å². The van der Waals surface area contributed by atoms with Crippen molar-refractivity contribution in [3.8, 4) is 0 Å². The zero-order valence-corrected chi connectivity index (χ0v) is 4.29. The summed E-state index contributed by atoms with van der Waals surface area (Å²) in [6.45, 7) is 0. The highest BCUT2D eigenvalue weighted by Crippen LogP contribution is 2.28. The highest BCUT2D eigenvalue weighted by molar-refractivity contribution is 5.74. The highest BCUT2D eigenvalue weighted by atomic mass is 16.4. The van der Waals surface area contributed by atoms with Gasteiger partial charge in [-0.15, -0.1) is 0 Å². The summed E-state index contributed by atoms with van der Waals surface area (Å²) in [7, 11) is 0. The molecule has 0 radical (unpaired) electrons. The second kappa shape index (κ2) is 1.72. The van der Waals surface area contributed by atoms with Gasteiger partial charge in [-0.2, -0.15) is 0 Å². The van der Waals surface area contributed by atoms with Crippen LogP contribution in [0.4, 0.5) is 0 Å². The second-order valence-corrected chi connectivity index (χ2v) is 1.95. The Morgan fingerprint density at radius 3 is 2.62 bits per heavy atom. The third kappa shape index (κ3) is 0.801. The number of nitrogens with two attached hydrogens (primary N) is 1. The molecule has 0 aromatic rings. The van der Waals surface area contributed by atoms with E-state index in [0.29, 0.717) is 6.42 Å². The molecule has 1 rings (SSSR count). The molecular formula is C4H8N2O2. The first kappa shape index (κ1) is 5.53. The smallest absolute Gasteiger partial charge is 0.308 e. The predicted octanol–water partition coefficient (Wildman–Crippen LogP) is -1.08. The van der Waals surface area contributed by atoms with E-state index in [1.807, 2.05) is 0 Å². The Kier molecular flexibility index (Phi) is 1.19. The fourth-order valence-corrected chi connectivity index (χ4v) is 0.652. The maximum atomic E-state index is 10.0. The number of carbonyl (C=O) groups is 1. The van der Waals surface area contributed by atoms with Gasteiger partial charge in [0.1, 0.15) is 0 Å². The molecule has 8 heavy (non-hydrogen) atoms. The summed E-state index contributed by atoms with van der Waals surface area (Å²) in [6.07, 6.45) is 0.672. The molecule has 0 aromatic carbocycles. The number of carboxylic acid groups (broad SMARTS) is 1. The lowest BCUT2D eigenvalue weighted by Crippen LogP contribution is -2.27. The number of carboxylic acids is 1. The van der Waals surface area contributed by atoms with Gasteiger partial charge in [0.2, 0.25) is 0 Å². The molecule has 0 aromatic heterocycles. The van der Waals surface area contributed by atoms with E-state index < -0.39 is 5.97 Å². The van der Waals surface area contributed by atoms with Crippen LogP contribution in [0.2, 0.25) is 0 Å². The van der Waals surface area contributed by atoms with Crippen molar-refractivity contribution in [2.24, 2.45) is 11.8 Å². The molecule has 4 heteroatoms. The van der Waals surface area contributed by atoms with Gasteiger partial charge in [0.05, 0.1) is 5.92 Å². The molecule has 0 amide bonds. The SMILES string of the molecule is NNC1CC1C(=O)O. The van der Waals surface area contributed by atoms with E-state index in [2.05, 4.69) is 5.43 Å². The lowest BCUT2D eigenvalue weighted by atomic mass is 10.4. The maximum Gasteiger partial charge on any atom is 0.308 e. The molecule has 2 unspecified atom stereocenters. The topological polar surface area (TPSA) is 75.3 Å². The van der Waals surface area contributed by atoms with Gasteiger partial charge in [-0.3, -0.25) is 16.1 Å². The van der Waals surface area contributed by atoms with Crippen LogP contribution in [0.15, 0.2) is 0 Å². The number of aliphatic carboxylic acids is 1. The molecule has 46 valence electrons. The van der Waals surface area contributed by atoms with E-state index in [9.17, 15) is 4.79 Å². The van der Waals surface area contributed by atoms with Gasteiger partial charge in [-0.05, 0) is 6.42 Å². The van der Waals surface area contributed by atoms with Gasteiger partial charge in [-0.25, -0.2) is 0 Å². The highest BCUT2D eigenvalue weighted by Gasteiger charge is 2.42. The Bertz CT molecular complexity index is 115. The molecule has 1 saturated carbocycles. The number of hydrogen-bond donors (Lipinski definition) is 3. The summed E-state index contributed by atoms with van der Waals surface area (Å²) < 4.78 is 0. The molecule has 0 saturated heterocycles. The first-order chi connectivity index (χ1) is 3.75. The Morgan fingerprint density at radius 1 is 1.88 bits per heavy atom. The van der Waals surface area contributed by atoms with Crippen molar-refractivity contribution in [3.63, 3.8) is 0 Å². The lowest BCUT2D eigenvalue weighted by Gasteiger charge is -1.88. The number of hydrogen-bond acceptors (Lipinski definition) is 3. The van der Waals surface area contributed by atoms with Gasteiger partial charge >= 0.3 is 5.97 Å². The minimum absolute atomic E-state index is 0.0208. The summed E-state index contributed by atoms with van der Waals surface area (Å²) in [6, 6.07) is 0.0208. The molecule has 2 atom stereocenters. The van der Waals surface area contributed by atoms with Gasteiger partial charge in [-0.1, -0.05) is 0 Å². The van der Waals surface area contributed by atoms with Crippen LogP contribution in [0, 0.1) is 5.92 Å². The van der Waals surface area contributed by atoms with Gasteiger partial charge in [0.15, 0.2) is 0 Å². The van der Waals surface area contributed by atoms with E-state index in [-0.39, 0.29) is 12.0 Å². The zero-order valence-electron chi connectivity index (χ0n) is 4.29. The molecule has 1 aliphatic rings. The Balaban J connectivity index is 2.26. The van der Waals surface area contributed by atoms with E-state index in [1.165, 1.54) is 0 Å². The van der Waals surface area contributed by atoms with E-state index in [0.717, 1.165) is 0 Å². The van der Waals surface area contributed by atoms with Crippen molar-refractivity contribution in [1.82, 2.24) is 5.43 Å². The molecule has 0 spiro atoms. The largest absolute Gasteiger partial charge is 0.481 e. The second-order valence-electron chi connectivity index (χ2n) is 1.95. The molecule has 4 nitrogen and oxygen atoms in total. The van der Waals surface area contributed by atoms with Crippen molar-refractivity contribution in [1.29, 1.82) is 0 Å². The number of rotatable bonds is 2. The molecule has 1 aliphatic carbocycles. The van der Waals surface area contributed by atoms with Crippen LogP contribution in [0.5, 0.6) is 0 Å². The van der Waals surface area contributed by atoms with Gasteiger partial charge in [0, 0.05) is 6.04 Å². The summed E-state index contributed by atoms with van der Waals surface area (Å²) >= 11 is 0. The molecule has 0 bridgehead atoms. The third-order valence-electron chi connectivity index (χ3n) is 1.32. The van der Waals surface area contributed by atoms with Crippen LogP contribution in [0.25, 0.3) is 0 Å². The summed E-state index contributed by atoms with van der Waals surface area (Å²) in [5, 5.41) is 8.26. The van der Waals surface area contributed by atoms with Crippen LogP contribution >= 0.6 is 0 Å². The quantitative estimate of drug-likeness (QED) is 0.317. The molecular weight excluding hydrogens is 108 g/mol. The average Bonchev–Trinajstić information content (AvgIpc) is 2.42. The van der Waals surface area contributed by atoms with Crippen molar-refractivity contribution >= 4 is 5.97 Å². The van der Waals surface area contributed by atoms with Crippen molar-refractivity contribution in [2.75, 3.05) is 0 Å². The molecule has 0 aliphatic heterocycles. The molecule has 4 N–H and O–H groups in total. The Labute approximate surface area is 46.6 Å². The number of hydrazine groups is 1. The molecule has 1 fully saturated rings. The maximum absolute atomic E-state index is 10.0. The lowest BCUT2D eigenvalue weighted by molar-refractivity contribution is -0.138. The summed E-state index contributed by atoms with van der Waals surface area (Å²) in [5.41, 5.74) is 2.39. The van der Waals surface area contributed by atoms with Crippen LogP contribution in [0.1, 0.15) is 6.42 Å². The molecule has 0 heterocycles. The third-order valence-corrected chi connectivity index (χ3v) is 1.32. The van der Waals surface area contributed by atoms with Crippen LogP contribution in [-0.4, -0.2) is 17.1 Å².